The predicted octanol–water partition coefficient (Wildman–Crippen LogP) is 2.64. The molecular weight excluding hydrogens is 229 g/mol. The number of fused-ring (bicyclic) bond motifs is 1. The van der Waals surface area contributed by atoms with Crippen LogP contribution in [0.25, 0.3) is 0 Å². The van der Waals surface area contributed by atoms with E-state index in [0.29, 0.717) is 11.5 Å². The molecule has 1 aromatic rings. The number of ether oxygens (including phenoxy) is 2. The van der Waals surface area contributed by atoms with Gasteiger partial charge in [-0.1, -0.05) is 0 Å². The van der Waals surface area contributed by atoms with Gasteiger partial charge >= 0.3 is 8.53 Å². The third-order valence-corrected chi connectivity index (χ3v) is 3.00. The molecule has 0 saturated carbocycles. The fourth-order valence-corrected chi connectivity index (χ4v) is 2.11. The number of allylic oxidation sites excluding steroid dienone is 1. The first-order valence-electron chi connectivity index (χ1n) is 4.65. The molecule has 1 atom stereocenters. The summed E-state index contributed by atoms with van der Waals surface area (Å²) in [5, 5.41) is 0. The Balaban J connectivity index is 1.75. The summed E-state index contributed by atoms with van der Waals surface area (Å²) in [4.78, 5) is 0. The topological polar surface area (TPSA) is 49.3 Å². The van der Waals surface area contributed by atoms with Gasteiger partial charge < -0.3 is 18.5 Å². The van der Waals surface area contributed by atoms with E-state index in [4.69, 9.17) is 18.5 Å². The Labute approximate surface area is 93.3 Å². The van der Waals surface area contributed by atoms with Crippen molar-refractivity contribution in [1.29, 1.82) is 0 Å². The fourth-order valence-electron chi connectivity index (χ4n) is 1.31. The van der Waals surface area contributed by atoms with Crippen LogP contribution in [-0.2, 0) is 4.52 Å². The van der Waals surface area contributed by atoms with Crippen molar-refractivity contribution >= 4 is 14.7 Å². The summed E-state index contributed by atoms with van der Waals surface area (Å²) >= 11 is 0. The quantitative estimate of drug-likeness (QED) is 0.742. The molecule has 82 valence electrons. The number of nitrogens with zero attached hydrogens (tertiary/aromatic N) is 1. The zero-order valence-corrected chi connectivity index (χ0v) is 9.09. The SMILES string of the molecule is C1=COP(Oc2ccc3c(c2)OCO3)N=C1. The fraction of sp³-hybridized carbons (Fsp3) is 0.100. The van der Waals surface area contributed by atoms with Gasteiger partial charge in [-0.2, -0.15) is 4.76 Å². The number of rotatable bonds is 2. The number of hydrogen-bond donors (Lipinski definition) is 0. The number of benzene rings is 1. The molecule has 1 aromatic carbocycles. The second kappa shape index (κ2) is 4.02. The lowest BCUT2D eigenvalue weighted by Gasteiger charge is -2.13. The maximum absolute atomic E-state index is 5.54. The van der Waals surface area contributed by atoms with Gasteiger partial charge in [0.25, 0.3) is 0 Å². The Bertz CT molecular complexity index is 460. The van der Waals surface area contributed by atoms with Crippen molar-refractivity contribution in [2.24, 2.45) is 4.76 Å². The molecule has 0 aliphatic carbocycles. The van der Waals surface area contributed by atoms with Crippen molar-refractivity contribution in [3.05, 3.63) is 30.5 Å². The third-order valence-electron chi connectivity index (χ3n) is 2.00. The molecule has 0 radical (unpaired) electrons. The molecule has 0 N–H and O–H groups in total. The van der Waals surface area contributed by atoms with Crippen LogP contribution in [0.5, 0.6) is 17.2 Å². The summed E-state index contributed by atoms with van der Waals surface area (Å²) in [7, 11) is -1.27. The summed E-state index contributed by atoms with van der Waals surface area (Å²) in [6.45, 7) is 0.255. The lowest BCUT2D eigenvalue weighted by atomic mass is 10.3. The molecule has 0 fully saturated rings. The smallest absolute Gasteiger partial charge is 0.436 e. The van der Waals surface area contributed by atoms with E-state index >= 15 is 0 Å². The van der Waals surface area contributed by atoms with Crippen LogP contribution in [0.4, 0.5) is 0 Å². The Hall–Kier alpha value is -1.74. The van der Waals surface area contributed by atoms with E-state index in [1.54, 1.807) is 36.8 Å². The molecule has 3 rings (SSSR count). The van der Waals surface area contributed by atoms with Gasteiger partial charge in [-0.15, -0.1) is 0 Å². The van der Waals surface area contributed by atoms with Crippen LogP contribution in [0.3, 0.4) is 0 Å². The molecule has 0 saturated heterocycles. The monoisotopic (exact) mass is 237 g/mol. The van der Waals surface area contributed by atoms with Gasteiger partial charge in [0.15, 0.2) is 11.5 Å². The van der Waals surface area contributed by atoms with E-state index in [1.165, 1.54) is 0 Å². The molecule has 0 amide bonds. The van der Waals surface area contributed by atoms with E-state index in [-0.39, 0.29) is 6.79 Å². The average molecular weight is 237 g/mol. The second-order valence-electron chi connectivity index (χ2n) is 3.04. The highest BCUT2D eigenvalue weighted by molar-refractivity contribution is 7.46. The molecule has 0 bridgehead atoms. The van der Waals surface area contributed by atoms with Crippen LogP contribution < -0.4 is 14.0 Å². The first-order valence-corrected chi connectivity index (χ1v) is 5.78. The van der Waals surface area contributed by atoms with Gasteiger partial charge in [-0.25, -0.2) is 0 Å². The molecule has 2 heterocycles. The van der Waals surface area contributed by atoms with Crippen LogP contribution in [0.1, 0.15) is 0 Å². The highest BCUT2D eigenvalue weighted by atomic mass is 31.2. The van der Waals surface area contributed by atoms with Crippen LogP contribution >= 0.6 is 8.53 Å². The van der Waals surface area contributed by atoms with E-state index in [1.807, 2.05) is 0 Å². The van der Waals surface area contributed by atoms with Gasteiger partial charge in [-0.05, 0) is 18.2 Å². The van der Waals surface area contributed by atoms with Crippen molar-refractivity contribution in [2.75, 3.05) is 6.79 Å². The molecule has 16 heavy (non-hydrogen) atoms. The maximum Gasteiger partial charge on any atom is 0.436 e. The molecule has 6 heteroatoms. The first-order chi connectivity index (χ1) is 7.92. The average Bonchev–Trinajstić information content (AvgIpc) is 2.77. The summed E-state index contributed by atoms with van der Waals surface area (Å²) in [5.41, 5.74) is 0. The zero-order chi connectivity index (χ0) is 10.8. The summed E-state index contributed by atoms with van der Waals surface area (Å²) in [6.07, 6.45) is 4.93. The Morgan fingerprint density at radius 1 is 1.25 bits per heavy atom. The molecular formula is C10H8NO4P. The normalized spacial score (nSPS) is 20.6. The Morgan fingerprint density at radius 3 is 3.06 bits per heavy atom. The maximum atomic E-state index is 5.54. The van der Waals surface area contributed by atoms with E-state index in [2.05, 4.69) is 4.76 Å². The van der Waals surface area contributed by atoms with Gasteiger partial charge in [0.1, 0.15) is 5.75 Å². The van der Waals surface area contributed by atoms with Crippen LogP contribution in [0, 0.1) is 0 Å². The molecule has 1 unspecified atom stereocenters. The van der Waals surface area contributed by atoms with Gasteiger partial charge in [0.2, 0.25) is 6.79 Å². The van der Waals surface area contributed by atoms with Crippen molar-refractivity contribution in [1.82, 2.24) is 0 Å². The van der Waals surface area contributed by atoms with Crippen molar-refractivity contribution in [2.45, 2.75) is 0 Å². The minimum atomic E-state index is -1.27. The Morgan fingerprint density at radius 2 is 2.19 bits per heavy atom. The predicted molar refractivity (Wildman–Crippen MR) is 58.8 cm³/mol. The molecule has 0 spiro atoms. The van der Waals surface area contributed by atoms with Gasteiger partial charge in [0.05, 0.1) is 6.26 Å². The summed E-state index contributed by atoms with van der Waals surface area (Å²) < 4.78 is 25.2. The van der Waals surface area contributed by atoms with Gasteiger partial charge in [0, 0.05) is 12.3 Å². The number of hydrogen-bond acceptors (Lipinski definition) is 5. The largest absolute Gasteiger partial charge is 0.454 e. The van der Waals surface area contributed by atoms with Crippen LogP contribution in [0.2, 0.25) is 0 Å². The first kappa shape index (κ1) is 9.48. The van der Waals surface area contributed by atoms with E-state index in [9.17, 15) is 0 Å². The van der Waals surface area contributed by atoms with E-state index < -0.39 is 8.53 Å². The van der Waals surface area contributed by atoms with Gasteiger partial charge in [-0.3, -0.25) is 0 Å². The summed E-state index contributed by atoms with van der Waals surface area (Å²) in [6, 6.07) is 5.37. The lowest BCUT2D eigenvalue weighted by molar-refractivity contribution is 0.174. The Kier molecular flexibility index (Phi) is 2.38. The van der Waals surface area contributed by atoms with Crippen molar-refractivity contribution < 1.29 is 18.5 Å². The molecule has 2 aliphatic heterocycles. The minimum Gasteiger partial charge on any atom is -0.454 e. The highest BCUT2D eigenvalue weighted by Gasteiger charge is 2.17. The van der Waals surface area contributed by atoms with Crippen LogP contribution in [0.15, 0.2) is 35.3 Å². The minimum absolute atomic E-state index is 0.255. The lowest BCUT2D eigenvalue weighted by Crippen LogP contribution is -1.93. The third kappa shape index (κ3) is 1.82. The zero-order valence-electron chi connectivity index (χ0n) is 8.20. The summed E-state index contributed by atoms with van der Waals surface area (Å²) in [5.74, 6) is 2.07. The van der Waals surface area contributed by atoms with Crippen molar-refractivity contribution in [3.8, 4) is 17.2 Å². The molecule has 2 aliphatic rings. The second-order valence-corrected chi connectivity index (χ2v) is 4.14. The van der Waals surface area contributed by atoms with E-state index in [0.717, 1.165) is 5.75 Å². The highest BCUT2D eigenvalue weighted by Crippen LogP contribution is 2.44. The van der Waals surface area contributed by atoms with Crippen LogP contribution in [-0.4, -0.2) is 13.0 Å². The molecule has 5 nitrogen and oxygen atoms in total. The molecule has 0 aromatic heterocycles. The standard InChI is InChI=1S/C10H8NO4P/c1-4-11-16(14-5-1)15-8-2-3-9-10(6-8)13-7-12-9/h1-6H,7H2. The van der Waals surface area contributed by atoms with Crippen molar-refractivity contribution in [3.63, 3.8) is 0 Å².